The van der Waals surface area contributed by atoms with Gasteiger partial charge in [-0.15, -0.1) is 0 Å². The molecule has 0 atom stereocenters. The van der Waals surface area contributed by atoms with Gasteiger partial charge in [0.25, 0.3) is 0 Å². The molecule has 6 aromatic carbocycles. The largest absolute Gasteiger partial charge is 0.0587 e. The van der Waals surface area contributed by atoms with Crippen molar-refractivity contribution >= 4 is 56.6 Å². The highest BCUT2D eigenvalue weighted by atomic mass is 14.1. The minimum absolute atomic E-state index is 1.22. The van der Waals surface area contributed by atoms with Crippen LogP contribution in [0.3, 0.4) is 0 Å². The minimum Gasteiger partial charge on any atom is -0.0587 e. The molecule has 0 aliphatic heterocycles. The zero-order valence-corrected chi connectivity index (χ0v) is 19.5. The van der Waals surface area contributed by atoms with E-state index in [1.165, 1.54) is 65.7 Å². The van der Waals surface area contributed by atoms with E-state index in [4.69, 9.17) is 0 Å². The maximum absolute atomic E-state index is 2.30. The van der Waals surface area contributed by atoms with Gasteiger partial charge in [0.05, 0.1) is 0 Å². The van der Waals surface area contributed by atoms with Crippen LogP contribution in [0.1, 0.15) is 33.4 Å². The number of benzene rings is 6. The van der Waals surface area contributed by atoms with Gasteiger partial charge in [-0.1, -0.05) is 108 Å². The average Bonchev–Trinajstić information content (AvgIpc) is 2.86. The first-order chi connectivity index (χ1) is 16.6. The van der Waals surface area contributed by atoms with Gasteiger partial charge in [-0.25, -0.2) is 0 Å². The Kier molecular flexibility index (Phi) is 5.00. The summed E-state index contributed by atoms with van der Waals surface area (Å²) in [5.41, 5.74) is 7.48. The van der Waals surface area contributed by atoms with Crippen LogP contribution in [0.15, 0.2) is 97.1 Å². The molecule has 6 rings (SSSR count). The van der Waals surface area contributed by atoms with Crippen molar-refractivity contribution in [2.45, 2.75) is 13.8 Å². The molecule has 0 bridgehead atoms. The van der Waals surface area contributed by atoms with Gasteiger partial charge in [0.2, 0.25) is 0 Å². The first-order valence-electron chi connectivity index (χ1n) is 11.8. The van der Waals surface area contributed by atoms with E-state index in [2.05, 4.69) is 135 Å². The normalized spacial score (nSPS) is 12.2. The molecule has 0 nitrogen and oxygen atoms in total. The monoisotopic (exact) mass is 434 g/mol. The second-order valence-electron chi connectivity index (χ2n) is 9.30. The van der Waals surface area contributed by atoms with E-state index in [1.54, 1.807) is 0 Å². The molecule has 0 heteroatoms. The quantitative estimate of drug-likeness (QED) is 0.191. The van der Waals surface area contributed by atoms with Gasteiger partial charge in [-0.3, -0.25) is 0 Å². The molecular weight excluding hydrogens is 408 g/mol. The summed E-state index contributed by atoms with van der Waals surface area (Å²) in [4.78, 5) is 0. The molecule has 6 aromatic rings. The van der Waals surface area contributed by atoms with Crippen LogP contribution in [-0.4, -0.2) is 0 Å². The third kappa shape index (κ3) is 3.89. The SMILES string of the molecule is Cc1ccc(C=Cc2cc3ccc4cc(C=Cc5ccc(C)cc5)cc5ccc(c2)c3c45)cc1. The molecule has 0 aliphatic carbocycles. The van der Waals surface area contributed by atoms with Crippen molar-refractivity contribution in [1.82, 2.24) is 0 Å². The third-order valence-corrected chi connectivity index (χ3v) is 6.67. The van der Waals surface area contributed by atoms with Gasteiger partial charge in [0, 0.05) is 0 Å². The first-order valence-corrected chi connectivity index (χ1v) is 11.8. The number of hydrogen-bond acceptors (Lipinski definition) is 0. The lowest BCUT2D eigenvalue weighted by Gasteiger charge is -2.12. The molecule has 0 saturated carbocycles. The number of hydrogen-bond donors (Lipinski definition) is 0. The highest BCUT2D eigenvalue weighted by Gasteiger charge is 2.09. The molecule has 0 heterocycles. The molecule has 0 fully saturated rings. The summed E-state index contributed by atoms with van der Waals surface area (Å²) in [5, 5.41) is 7.89. The standard InChI is InChI=1S/C34H26/c1-23-3-7-25(8-4-23)11-13-27-19-29-15-17-31-21-28(14-12-26-9-5-24(2)6-10-26)22-32-18-16-30(20-27)33(29)34(31)32/h3-22H,1-2H3. The van der Waals surface area contributed by atoms with Crippen molar-refractivity contribution in [3.05, 3.63) is 130 Å². The van der Waals surface area contributed by atoms with Gasteiger partial charge in [0.1, 0.15) is 0 Å². The molecule has 0 radical (unpaired) electrons. The fourth-order valence-corrected chi connectivity index (χ4v) is 4.82. The van der Waals surface area contributed by atoms with E-state index in [-0.39, 0.29) is 0 Å². The molecule has 0 aliphatic rings. The number of rotatable bonds is 4. The summed E-state index contributed by atoms with van der Waals surface area (Å²) in [7, 11) is 0. The van der Waals surface area contributed by atoms with Crippen LogP contribution in [0.25, 0.3) is 56.6 Å². The molecule has 0 N–H and O–H groups in total. The summed E-state index contributed by atoms with van der Waals surface area (Å²) in [6.45, 7) is 4.24. The molecule has 0 unspecified atom stereocenters. The predicted octanol–water partition coefficient (Wildman–Crippen LogP) is 9.54. The lowest BCUT2D eigenvalue weighted by molar-refractivity contribution is 1.46. The predicted molar refractivity (Wildman–Crippen MR) is 150 cm³/mol. The first kappa shape index (κ1) is 20.4. The Hall–Kier alpha value is -4.16. The molecule has 0 amide bonds. The zero-order chi connectivity index (χ0) is 23.1. The molecular formula is C34H26. The van der Waals surface area contributed by atoms with E-state index >= 15 is 0 Å². The highest BCUT2D eigenvalue weighted by molar-refractivity contribution is 6.23. The van der Waals surface area contributed by atoms with Crippen LogP contribution in [0.4, 0.5) is 0 Å². The zero-order valence-electron chi connectivity index (χ0n) is 19.5. The minimum atomic E-state index is 1.22. The average molecular weight is 435 g/mol. The van der Waals surface area contributed by atoms with Gasteiger partial charge >= 0.3 is 0 Å². The Bertz CT molecular complexity index is 1480. The van der Waals surface area contributed by atoms with Crippen molar-refractivity contribution in [3.8, 4) is 0 Å². The summed E-state index contributed by atoms with van der Waals surface area (Å²) < 4.78 is 0. The maximum atomic E-state index is 2.30. The van der Waals surface area contributed by atoms with Crippen molar-refractivity contribution < 1.29 is 0 Å². The Morgan fingerprint density at radius 1 is 0.353 bits per heavy atom. The number of aryl methyl sites for hydroxylation is 2. The van der Waals surface area contributed by atoms with Crippen molar-refractivity contribution in [2.75, 3.05) is 0 Å². The summed E-state index contributed by atoms with van der Waals surface area (Å²) in [6.07, 6.45) is 8.82. The van der Waals surface area contributed by atoms with Gasteiger partial charge in [0.15, 0.2) is 0 Å². The third-order valence-electron chi connectivity index (χ3n) is 6.67. The van der Waals surface area contributed by atoms with Crippen LogP contribution in [-0.2, 0) is 0 Å². The van der Waals surface area contributed by atoms with Crippen LogP contribution < -0.4 is 0 Å². The van der Waals surface area contributed by atoms with E-state index in [9.17, 15) is 0 Å². The lowest BCUT2D eigenvalue weighted by Crippen LogP contribution is -1.86. The van der Waals surface area contributed by atoms with E-state index in [0.29, 0.717) is 0 Å². The van der Waals surface area contributed by atoms with Gasteiger partial charge in [-0.2, -0.15) is 0 Å². The maximum Gasteiger partial charge on any atom is -0.00264 e. The fraction of sp³-hybridized carbons (Fsp3) is 0.0588. The Morgan fingerprint density at radius 3 is 0.971 bits per heavy atom. The summed E-state index contributed by atoms with van der Waals surface area (Å²) >= 11 is 0. The molecule has 0 aromatic heterocycles. The van der Waals surface area contributed by atoms with Crippen LogP contribution >= 0.6 is 0 Å². The second kappa shape index (κ2) is 8.32. The van der Waals surface area contributed by atoms with Crippen molar-refractivity contribution in [1.29, 1.82) is 0 Å². The second-order valence-corrected chi connectivity index (χ2v) is 9.30. The van der Waals surface area contributed by atoms with Crippen LogP contribution in [0.2, 0.25) is 0 Å². The van der Waals surface area contributed by atoms with E-state index in [0.717, 1.165) is 0 Å². The molecule has 0 spiro atoms. The van der Waals surface area contributed by atoms with Crippen molar-refractivity contribution in [2.24, 2.45) is 0 Å². The Balaban J connectivity index is 1.40. The van der Waals surface area contributed by atoms with Gasteiger partial charge in [-0.05, 0) is 92.7 Å². The Morgan fingerprint density at radius 2 is 0.647 bits per heavy atom. The summed E-state index contributed by atoms with van der Waals surface area (Å²) in [5.74, 6) is 0. The fourth-order valence-electron chi connectivity index (χ4n) is 4.82. The molecule has 0 saturated heterocycles. The van der Waals surface area contributed by atoms with Crippen molar-refractivity contribution in [3.63, 3.8) is 0 Å². The molecule has 34 heavy (non-hydrogen) atoms. The highest BCUT2D eigenvalue weighted by Crippen LogP contribution is 2.36. The smallest absolute Gasteiger partial charge is 0.00264 e. The van der Waals surface area contributed by atoms with Crippen LogP contribution in [0.5, 0.6) is 0 Å². The molecule has 162 valence electrons. The summed E-state index contributed by atoms with van der Waals surface area (Å²) in [6, 6.07) is 35.6. The van der Waals surface area contributed by atoms with Gasteiger partial charge < -0.3 is 0 Å². The Labute approximate surface area is 200 Å². The van der Waals surface area contributed by atoms with E-state index in [1.807, 2.05) is 0 Å². The lowest BCUT2D eigenvalue weighted by atomic mass is 9.91. The van der Waals surface area contributed by atoms with Crippen LogP contribution in [0, 0.1) is 13.8 Å². The van der Waals surface area contributed by atoms with E-state index < -0.39 is 0 Å². The topological polar surface area (TPSA) is 0 Å².